The molecule has 0 bridgehead atoms. The monoisotopic (exact) mass is 635 g/mol. The Bertz CT molecular complexity index is 2960. The lowest BCUT2D eigenvalue weighted by atomic mass is 9.91. The normalized spacial score (nSPS) is 11.1. The van der Waals surface area contributed by atoms with Crippen LogP contribution in [0.25, 0.3) is 82.1 Å². The summed E-state index contributed by atoms with van der Waals surface area (Å²) in [7, 11) is 0. The van der Waals surface area contributed by atoms with E-state index in [1.54, 1.807) is 0 Å². The van der Waals surface area contributed by atoms with Crippen molar-refractivity contribution in [3.8, 4) is 45.8 Å². The van der Waals surface area contributed by atoms with E-state index in [2.05, 4.69) is 86.8 Å². The van der Waals surface area contributed by atoms with E-state index in [9.17, 15) is 10.5 Å². The molecule has 2 heterocycles. The van der Waals surface area contributed by atoms with Crippen molar-refractivity contribution in [3.63, 3.8) is 0 Å². The molecule has 0 amide bonds. The zero-order chi connectivity index (χ0) is 33.8. The summed E-state index contributed by atoms with van der Waals surface area (Å²) in [6.45, 7) is 7.70. The molecule has 230 valence electrons. The lowest BCUT2D eigenvalue weighted by Crippen LogP contribution is -1.98. The maximum absolute atomic E-state index is 10.0. The molecule has 0 unspecified atom stereocenters. The first kappa shape index (κ1) is 28.8. The number of hydrogen-bond acceptors (Lipinski definition) is 2. The molecular weight excluding hydrogens is 611 g/mol. The van der Waals surface area contributed by atoms with Crippen LogP contribution in [0.2, 0.25) is 0 Å². The van der Waals surface area contributed by atoms with Crippen molar-refractivity contribution in [1.29, 1.82) is 10.5 Å². The second-order valence-electron chi connectivity index (χ2n) is 12.3. The Morgan fingerprint density at radius 3 is 1.84 bits per heavy atom. The van der Waals surface area contributed by atoms with E-state index in [1.807, 2.05) is 91.0 Å². The Morgan fingerprint density at radius 2 is 1.08 bits per heavy atom. The van der Waals surface area contributed by atoms with Gasteiger partial charge in [-0.15, -0.1) is 0 Å². The number of nitriles is 2. The standard InChI is InChI=1S/C45H25N5/c1-48-32-18-22-38-35-8-2-6-12-42(35)50(45(38)26-32)43-13-7-3-9-36(43)39-24-29(27-46)14-21-34(39)31-16-19-33(20-17-31)49-41-11-5-4-10-37(41)40-25-30(28-47)15-23-44(40)49/h2-26H. The first-order valence-electron chi connectivity index (χ1n) is 16.3. The van der Waals surface area contributed by atoms with Crippen LogP contribution in [0.15, 0.2) is 152 Å². The summed E-state index contributed by atoms with van der Waals surface area (Å²) in [5, 5.41) is 23.9. The number of rotatable bonds is 4. The molecule has 0 radical (unpaired) electrons. The number of aromatic nitrogens is 2. The summed E-state index contributed by atoms with van der Waals surface area (Å²) < 4.78 is 4.48. The van der Waals surface area contributed by atoms with Gasteiger partial charge in [0.25, 0.3) is 0 Å². The van der Waals surface area contributed by atoms with E-state index in [-0.39, 0.29) is 0 Å². The van der Waals surface area contributed by atoms with Crippen molar-refractivity contribution >= 4 is 49.3 Å². The highest BCUT2D eigenvalue weighted by molar-refractivity contribution is 6.11. The fraction of sp³-hybridized carbons (Fsp3) is 0. The summed E-state index contributed by atoms with van der Waals surface area (Å²) in [5.74, 6) is 0. The molecule has 0 saturated heterocycles. The van der Waals surface area contributed by atoms with Gasteiger partial charge in [0.2, 0.25) is 0 Å². The Kier molecular flexibility index (Phi) is 6.56. The highest BCUT2D eigenvalue weighted by Crippen LogP contribution is 2.41. The zero-order valence-electron chi connectivity index (χ0n) is 26.7. The average Bonchev–Trinajstić information content (AvgIpc) is 3.69. The quantitative estimate of drug-likeness (QED) is 0.181. The van der Waals surface area contributed by atoms with Crippen LogP contribution < -0.4 is 0 Å². The third kappa shape index (κ3) is 4.38. The van der Waals surface area contributed by atoms with Gasteiger partial charge >= 0.3 is 0 Å². The van der Waals surface area contributed by atoms with E-state index >= 15 is 0 Å². The minimum absolute atomic E-state index is 0.578. The SMILES string of the molecule is [C-]#[N+]c1ccc2c3ccccc3n(-c3ccccc3-c3cc(C#N)ccc3-c3ccc(-n4c5ccccc5c5cc(C#N)ccc54)cc3)c2c1. The molecule has 9 rings (SSSR count). The number of nitrogens with zero attached hydrogens (tertiary/aromatic N) is 5. The Balaban J connectivity index is 1.24. The van der Waals surface area contributed by atoms with E-state index in [1.165, 1.54) is 0 Å². The number of fused-ring (bicyclic) bond motifs is 6. The third-order valence-corrected chi connectivity index (χ3v) is 9.61. The number of para-hydroxylation sites is 3. The van der Waals surface area contributed by atoms with Crippen LogP contribution in [-0.4, -0.2) is 9.13 Å². The predicted octanol–water partition coefficient (Wildman–Crippen LogP) is 11.5. The molecule has 0 aliphatic heterocycles. The molecule has 0 aliphatic rings. The topological polar surface area (TPSA) is 61.8 Å². The van der Waals surface area contributed by atoms with Crippen LogP contribution in [0.1, 0.15) is 11.1 Å². The van der Waals surface area contributed by atoms with Gasteiger partial charge in [0.05, 0.1) is 52.1 Å². The van der Waals surface area contributed by atoms with Crippen LogP contribution in [0.5, 0.6) is 0 Å². The maximum atomic E-state index is 10.0. The van der Waals surface area contributed by atoms with Gasteiger partial charge in [0, 0.05) is 38.3 Å². The summed E-state index contributed by atoms with van der Waals surface area (Å²) in [6, 6.07) is 55.6. The summed E-state index contributed by atoms with van der Waals surface area (Å²) in [4.78, 5) is 3.74. The van der Waals surface area contributed by atoms with Gasteiger partial charge in [-0.3, -0.25) is 0 Å². The lowest BCUT2D eigenvalue weighted by Gasteiger charge is -2.18. The number of benzene rings is 7. The molecule has 0 saturated carbocycles. The van der Waals surface area contributed by atoms with Crippen molar-refractivity contribution in [3.05, 3.63) is 174 Å². The molecule has 0 N–H and O–H groups in total. The molecule has 0 spiro atoms. The second-order valence-corrected chi connectivity index (χ2v) is 12.3. The van der Waals surface area contributed by atoms with Crippen LogP contribution >= 0.6 is 0 Å². The number of hydrogen-bond donors (Lipinski definition) is 0. The first-order valence-corrected chi connectivity index (χ1v) is 16.3. The van der Waals surface area contributed by atoms with Gasteiger partial charge in [-0.05, 0) is 83.4 Å². The molecule has 7 aromatic carbocycles. The largest absolute Gasteiger partial charge is 0.310 e. The fourth-order valence-electron chi connectivity index (χ4n) is 7.38. The highest BCUT2D eigenvalue weighted by atomic mass is 15.0. The minimum Gasteiger partial charge on any atom is -0.310 e. The molecular formula is C45H25N5. The molecule has 0 fully saturated rings. The Labute approximate surface area is 288 Å². The smallest absolute Gasteiger partial charge is 0.189 e. The van der Waals surface area contributed by atoms with Gasteiger partial charge in [0.15, 0.2) is 5.69 Å². The van der Waals surface area contributed by atoms with Crippen molar-refractivity contribution in [2.75, 3.05) is 0 Å². The van der Waals surface area contributed by atoms with Crippen LogP contribution in [0.3, 0.4) is 0 Å². The predicted molar refractivity (Wildman–Crippen MR) is 202 cm³/mol. The lowest BCUT2D eigenvalue weighted by molar-refractivity contribution is 1.18. The maximum Gasteiger partial charge on any atom is 0.189 e. The van der Waals surface area contributed by atoms with Crippen LogP contribution in [0, 0.1) is 29.2 Å². The highest BCUT2D eigenvalue weighted by Gasteiger charge is 2.19. The molecule has 9 aromatic rings. The van der Waals surface area contributed by atoms with Gasteiger partial charge < -0.3 is 9.13 Å². The van der Waals surface area contributed by atoms with E-state index in [0.717, 1.165) is 77.2 Å². The molecule has 5 heteroatoms. The summed E-state index contributed by atoms with van der Waals surface area (Å²) in [5.41, 5.74) is 11.9. The van der Waals surface area contributed by atoms with E-state index in [4.69, 9.17) is 6.57 Å². The van der Waals surface area contributed by atoms with Crippen molar-refractivity contribution in [2.45, 2.75) is 0 Å². The fourth-order valence-corrected chi connectivity index (χ4v) is 7.38. The van der Waals surface area contributed by atoms with E-state index in [0.29, 0.717) is 16.8 Å². The van der Waals surface area contributed by atoms with Crippen LogP contribution in [0.4, 0.5) is 5.69 Å². The summed E-state index contributed by atoms with van der Waals surface area (Å²) >= 11 is 0. The molecule has 50 heavy (non-hydrogen) atoms. The van der Waals surface area contributed by atoms with Gasteiger partial charge in [0.1, 0.15) is 0 Å². The summed E-state index contributed by atoms with van der Waals surface area (Å²) in [6.07, 6.45) is 0. The third-order valence-electron chi connectivity index (χ3n) is 9.61. The van der Waals surface area contributed by atoms with Gasteiger partial charge in [-0.1, -0.05) is 84.9 Å². The molecule has 0 aliphatic carbocycles. The zero-order valence-corrected chi connectivity index (χ0v) is 26.7. The van der Waals surface area contributed by atoms with Gasteiger partial charge in [-0.2, -0.15) is 10.5 Å². The molecule has 0 atom stereocenters. The van der Waals surface area contributed by atoms with E-state index < -0.39 is 0 Å². The second kappa shape index (κ2) is 11.4. The van der Waals surface area contributed by atoms with Crippen molar-refractivity contribution in [2.24, 2.45) is 0 Å². The van der Waals surface area contributed by atoms with Gasteiger partial charge in [-0.25, -0.2) is 4.85 Å². The van der Waals surface area contributed by atoms with Crippen molar-refractivity contribution in [1.82, 2.24) is 9.13 Å². The van der Waals surface area contributed by atoms with Crippen molar-refractivity contribution < 1.29 is 0 Å². The van der Waals surface area contributed by atoms with Crippen LogP contribution in [-0.2, 0) is 0 Å². The minimum atomic E-state index is 0.578. The Hall–Kier alpha value is -7.39. The average molecular weight is 636 g/mol. The Morgan fingerprint density at radius 1 is 0.460 bits per heavy atom. The molecule has 5 nitrogen and oxygen atoms in total. The molecule has 2 aromatic heterocycles. The first-order chi connectivity index (χ1) is 24.7.